The van der Waals surface area contributed by atoms with Crippen molar-refractivity contribution in [3.63, 3.8) is 0 Å². The van der Waals surface area contributed by atoms with Gasteiger partial charge in [0.1, 0.15) is 22.8 Å². The Morgan fingerprint density at radius 3 is 2.31 bits per heavy atom. The van der Waals surface area contributed by atoms with Crippen molar-refractivity contribution in [2.75, 3.05) is 33.1 Å². The van der Waals surface area contributed by atoms with E-state index in [9.17, 15) is 34.8 Å². The van der Waals surface area contributed by atoms with Crippen molar-refractivity contribution in [1.82, 2.24) is 4.90 Å². The minimum atomic E-state index is -1.68. The monoisotopic (exact) mass is 485 g/mol. The largest absolute Gasteiger partial charge is 0.511 e. The second-order valence-corrected chi connectivity index (χ2v) is 10.2. The van der Waals surface area contributed by atoms with Crippen molar-refractivity contribution < 1.29 is 34.8 Å². The van der Waals surface area contributed by atoms with E-state index in [1.165, 1.54) is 6.92 Å². The van der Waals surface area contributed by atoms with Gasteiger partial charge in [0.25, 0.3) is 5.91 Å². The maximum atomic E-state index is 13.8. The third-order valence-electron chi connectivity index (χ3n) is 7.89. The number of anilines is 1. The maximum absolute atomic E-state index is 13.8. The van der Waals surface area contributed by atoms with Crippen LogP contribution >= 0.6 is 0 Å². The third-order valence-corrected chi connectivity index (χ3v) is 7.89. The Labute approximate surface area is 202 Å². The number of nitrogens with zero attached hydrogens (tertiary/aromatic N) is 2. The second kappa shape index (κ2) is 8.10. The Morgan fingerprint density at radius 2 is 1.80 bits per heavy atom. The number of likely N-dealkylation sites (N-methyl/N-ethyl adjacent to an activating group) is 1. The molecule has 0 aliphatic heterocycles. The van der Waals surface area contributed by atoms with Crippen LogP contribution in [0.5, 0.6) is 5.75 Å². The Kier molecular flexibility index (Phi) is 5.72. The molecule has 0 saturated heterocycles. The topological polar surface area (TPSA) is 165 Å². The van der Waals surface area contributed by atoms with Gasteiger partial charge in [0.15, 0.2) is 11.6 Å². The Bertz CT molecular complexity index is 1230. The number of hydrogen-bond acceptors (Lipinski definition) is 9. The number of phenols is 1. The number of aromatic hydroxyl groups is 1. The molecule has 1 aromatic rings. The number of hydrogen-bond donors (Lipinski definition) is 5. The zero-order valence-electron chi connectivity index (χ0n) is 20.4. The van der Waals surface area contributed by atoms with E-state index in [4.69, 9.17) is 5.73 Å². The van der Waals surface area contributed by atoms with E-state index in [-0.39, 0.29) is 28.9 Å². The summed E-state index contributed by atoms with van der Waals surface area (Å²) >= 11 is 0. The van der Waals surface area contributed by atoms with Gasteiger partial charge in [-0.25, -0.2) is 0 Å². The van der Waals surface area contributed by atoms with Gasteiger partial charge >= 0.3 is 0 Å². The Hall–Kier alpha value is -3.37. The van der Waals surface area contributed by atoms with Crippen LogP contribution in [0.15, 0.2) is 28.7 Å². The molecule has 4 rings (SSSR count). The summed E-state index contributed by atoms with van der Waals surface area (Å²) in [6, 6.07) is 0.836. The van der Waals surface area contributed by atoms with E-state index in [0.717, 1.165) is 0 Å². The number of primary amides is 1. The van der Waals surface area contributed by atoms with Crippen molar-refractivity contribution in [2.24, 2.45) is 23.0 Å². The predicted octanol–water partition coefficient (Wildman–Crippen LogP) is 0.954. The molecule has 3 aliphatic rings. The van der Waals surface area contributed by atoms with Gasteiger partial charge in [-0.15, -0.1) is 0 Å². The lowest BCUT2D eigenvalue weighted by atomic mass is 9.54. The van der Waals surface area contributed by atoms with Crippen LogP contribution in [0, 0.1) is 17.3 Å². The second-order valence-electron chi connectivity index (χ2n) is 10.2. The molecule has 0 aromatic heterocycles. The third kappa shape index (κ3) is 3.20. The van der Waals surface area contributed by atoms with Gasteiger partial charge in [-0.05, 0) is 51.4 Å². The van der Waals surface area contributed by atoms with Gasteiger partial charge < -0.3 is 31.1 Å². The van der Waals surface area contributed by atoms with Crippen molar-refractivity contribution in [2.45, 2.75) is 32.4 Å². The first kappa shape index (κ1) is 24.7. The average Bonchev–Trinajstić information content (AvgIpc) is 2.75. The molecular formula is C25H31N3O7. The number of nitrogens with two attached hydrogens (primary N) is 1. The maximum Gasteiger partial charge on any atom is 0.255 e. The summed E-state index contributed by atoms with van der Waals surface area (Å²) in [6.45, 7) is 0.971. The summed E-state index contributed by atoms with van der Waals surface area (Å²) in [4.78, 5) is 42.9. The lowest BCUT2D eigenvalue weighted by molar-refractivity contribution is -0.134. The summed E-state index contributed by atoms with van der Waals surface area (Å²) in [5.74, 6) is -4.99. The molecule has 188 valence electrons. The van der Waals surface area contributed by atoms with Crippen LogP contribution < -0.4 is 10.6 Å². The van der Waals surface area contributed by atoms with Crippen LogP contribution in [0.25, 0.3) is 0 Å². The molecule has 0 radical (unpaired) electrons. The molecule has 4 atom stereocenters. The molecule has 35 heavy (non-hydrogen) atoms. The molecular weight excluding hydrogens is 454 g/mol. The average molecular weight is 486 g/mol. The standard InChI is InChI=1S/C25H31N3O7/c1-25-13(18(28(4)5)21(32)17(23(25)34)24(26)35)7-10-6-12-14(27(2)3)8-11(9-29)19(30)16(12)20(31)15(10)22(25)33/h8,10,13,18,29-30,32-33H,6-7,9H2,1-5H3,(H2,26,35)/t10-,13-,18?,25+/m0/s1. The number of aliphatic hydroxyl groups excluding tert-OH is 3. The van der Waals surface area contributed by atoms with E-state index in [0.29, 0.717) is 17.7 Å². The lowest BCUT2D eigenvalue weighted by Gasteiger charge is -2.51. The molecule has 6 N–H and O–H groups in total. The lowest BCUT2D eigenvalue weighted by Crippen LogP contribution is -2.58. The highest BCUT2D eigenvalue weighted by Gasteiger charge is 2.61. The molecule has 10 nitrogen and oxygen atoms in total. The fourth-order valence-corrected chi connectivity index (χ4v) is 6.17. The molecule has 1 aromatic carbocycles. The minimum absolute atomic E-state index is 0.00223. The first-order chi connectivity index (χ1) is 16.3. The van der Waals surface area contributed by atoms with Crippen LogP contribution in [0.4, 0.5) is 5.69 Å². The minimum Gasteiger partial charge on any atom is -0.511 e. The molecule has 0 fully saturated rings. The van der Waals surface area contributed by atoms with E-state index in [1.807, 2.05) is 0 Å². The number of carbonyl (C=O) groups is 3. The highest BCUT2D eigenvalue weighted by molar-refractivity contribution is 6.23. The quantitative estimate of drug-likeness (QED) is 0.391. The van der Waals surface area contributed by atoms with Gasteiger partial charge in [0, 0.05) is 36.8 Å². The molecule has 3 aliphatic carbocycles. The molecule has 0 bridgehead atoms. The highest BCUT2D eigenvalue weighted by atomic mass is 16.3. The van der Waals surface area contributed by atoms with Gasteiger partial charge in [0.2, 0.25) is 0 Å². The van der Waals surface area contributed by atoms with Gasteiger partial charge in [-0.1, -0.05) is 0 Å². The zero-order chi connectivity index (χ0) is 26.1. The first-order valence-corrected chi connectivity index (χ1v) is 11.4. The summed E-state index contributed by atoms with van der Waals surface area (Å²) < 4.78 is 0. The number of carbonyl (C=O) groups excluding carboxylic acids is 3. The molecule has 10 heteroatoms. The SMILES string of the molecule is CN(C)c1cc(CO)c(O)c2c1C[C@H]1C[C@H]3C(N(C)C)C(O)=C(C(N)=O)C(=O)[C@@]3(C)C(O)=C1C2=O. The number of ketones is 2. The molecule has 0 heterocycles. The fraction of sp³-hybridized carbons (Fsp3) is 0.480. The predicted molar refractivity (Wildman–Crippen MR) is 127 cm³/mol. The number of Topliss-reactive ketones (excluding diaryl/α,β-unsaturated/α-hetero) is 2. The summed E-state index contributed by atoms with van der Waals surface area (Å²) in [5.41, 5.74) is 4.57. The van der Waals surface area contributed by atoms with Crippen LogP contribution in [0.1, 0.15) is 34.8 Å². The number of amides is 1. The number of aliphatic hydroxyl groups is 3. The van der Waals surface area contributed by atoms with Crippen LogP contribution in [0.2, 0.25) is 0 Å². The van der Waals surface area contributed by atoms with Gasteiger partial charge in [-0.2, -0.15) is 0 Å². The van der Waals surface area contributed by atoms with Crippen LogP contribution in [-0.2, 0) is 22.6 Å². The summed E-state index contributed by atoms with van der Waals surface area (Å²) in [6.07, 6.45) is 0.558. The van der Waals surface area contributed by atoms with Crippen LogP contribution in [0.3, 0.4) is 0 Å². The van der Waals surface area contributed by atoms with E-state index in [1.54, 1.807) is 44.1 Å². The highest BCUT2D eigenvalue weighted by Crippen LogP contribution is 2.57. The van der Waals surface area contributed by atoms with Crippen LogP contribution in [-0.4, -0.2) is 77.0 Å². The first-order valence-electron chi connectivity index (χ1n) is 11.4. The molecule has 0 saturated carbocycles. The Balaban J connectivity index is 2.00. The fourth-order valence-electron chi connectivity index (χ4n) is 6.17. The molecule has 0 spiro atoms. The number of rotatable bonds is 4. The zero-order valence-corrected chi connectivity index (χ0v) is 20.4. The van der Waals surface area contributed by atoms with E-state index in [2.05, 4.69) is 0 Å². The number of fused-ring (bicyclic) bond motifs is 3. The molecule has 1 amide bonds. The normalized spacial score (nSPS) is 28.1. The summed E-state index contributed by atoms with van der Waals surface area (Å²) in [5, 5.41) is 43.0. The molecule has 1 unspecified atom stereocenters. The smallest absolute Gasteiger partial charge is 0.255 e. The Morgan fingerprint density at radius 1 is 1.17 bits per heavy atom. The number of benzene rings is 1. The van der Waals surface area contributed by atoms with Crippen molar-refractivity contribution in [1.29, 1.82) is 0 Å². The van der Waals surface area contributed by atoms with E-state index < -0.39 is 64.5 Å². The number of allylic oxidation sites excluding steroid dienone is 2. The van der Waals surface area contributed by atoms with Crippen molar-refractivity contribution in [3.8, 4) is 5.75 Å². The van der Waals surface area contributed by atoms with Gasteiger partial charge in [0.05, 0.1) is 23.6 Å². The van der Waals surface area contributed by atoms with E-state index >= 15 is 0 Å². The van der Waals surface area contributed by atoms with Gasteiger partial charge in [-0.3, -0.25) is 19.3 Å². The van der Waals surface area contributed by atoms with Crippen molar-refractivity contribution >= 4 is 23.2 Å². The summed E-state index contributed by atoms with van der Waals surface area (Å²) in [7, 11) is 6.95. The van der Waals surface area contributed by atoms with Crippen molar-refractivity contribution in [3.05, 3.63) is 45.4 Å².